The fraction of sp³-hybridized carbons (Fsp3) is 0.182. The summed E-state index contributed by atoms with van der Waals surface area (Å²) in [6, 6.07) is 8.62. The molecule has 2 aromatic rings. The van der Waals surface area contributed by atoms with Crippen molar-refractivity contribution in [3.63, 3.8) is 0 Å². The molecule has 0 aliphatic heterocycles. The van der Waals surface area contributed by atoms with Crippen LogP contribution in [0.5, 0.6) is 0 Å². The van der Waals surface area contributed by atoms with E-state index < -0.39 is 4.92 Å². The highest BCUT2D eigenvalue weighted by Gasteiger charge is 2.08. The van der Waals surface area contributed by atoms with Crippen LogP contribution in [0.4, 0.5) is 5.69 Å². The topological polar surface area (TPSA) is 71.9 Å². The Morgan fingerprint density at radius 1 is 1.44 bits per heavy atom. The van der Waals surface area contributed by atoms with Crippen molar-refractivity contribution in [2.45, 2.75) is 13.0 Å². The van der Waals surface area contributed by atoms with E-state index in [1.165, 1.54) is 12.1 Å². The minimum absolute atomic E-state index is 0.0885. The van der Waals surface area contributed by atoms with Crippen molar-refractivity contribution in [2.75, 3.05) is 0 Å². The van der Waals surface area contributed by atoms with Crippen LogP contribution in [-0.2, 0) is 6.54 Å². The van der Waals surface area contributed by atoms with E-state index in [-0.39, 0.29) is 5.69 Å². The molecule has 0 spiro atoms. The molecule has 0 atom stereocenters. The van der Waals surface area contributed by atoms with Crippen LogP contribution >= 0.6 is 0 Å². The number of rotatable bonds is 3. The highest BCUT2D eigenvalue weighted by Crippen LogP contribution is 2.21. The summed E-state index contributed by atoms with van der Waals surface area (Å²) in [4.78, 5) is 10.2. The second kappa shape index (κ2) is 4.03. The molecule has 0 unspecified atom stereocenters. The van der Waals surface area contributed by atoms with E-state index in [4.69, 9.17) is 5.26 Å². The first-order valence-electron chi connectivity index (χ1n) is 4.82. The summed E-state index contributed by atoms with van der Waals surface area (Å²) in [5, 5.41) is 19.9. The lowest BCUT2D eigenvalue weighted by Crippen LogP contribution is -1.94. The molecule has 1 aromatic heterocycles. The van der Waals surface area contributed by atoms with Gasteiger partial charge in [0.1, 0.15) is 0 Å². The van der Waals surface area contributed by atoms with Gasteiger partial charge in [0.25, 0.3) is 5.69 Å². The van der Waals surface area contributed by atoms with Gasteiger partial charge in [0.2, 0.25) is 0 Å². The highest BCUT2D eigenvalue weighted by molar-refractivity contribution is 5.82. The Morgan fingerprint density at radius 2 is 2.25 bits per heavy atom. The molecule has 0 aliphatic carbocycles. The molecule has 5 nitrogen and oxygen atoms in total. The average molecular weight is 215 g/mol. The van der Waals surface area contributed by atoms with Gasteiger partial charge >= 0.3 is 0 Å². The van der Waals surface area contributed by atoms with E-state index in [9.17, 15) is 10.1 Å². The maximum atomic E-state index is 10.6. The molecule has 0 radical (unpaired) electrons. The molecule has 0 N–H and O–H groups in total. The van der Waals surface area contributed by atoms with Crippen LogP contribution in [-0.4, -0.2) is 9.49 Å². The van der Waals surface area contributed by atoms with Crippen molar-refractivity contribution in [2.24, 2.45) is 0 Å². The third-order valence-corrected chi connectivity index (χ3v) is 2.43. The van der Waals surface area contributed by atoms with Crippen LogP contribution in [0, 0.1) is 21.4 Å². The molecule has 0 bridgehead atoms. The fourth-order valence-electron chi connectivity index (χ4n) is 1.67. The number of fused-ring (bicyclic) bond motifs is 1. The van der Waals surface area contributed by atoms with Gasteiger partial charge in [0.15, 0.2) is 0 Å². The fourth-order valence-corrected chi connectivity index (χ4v) is 1.67. The van der Waals surface area contributed by atoms with E-state index in [1.807, 2.05) is 16.8 Å². The smallest absolute Gasteiger partial charge is 0.270 e. The maximum Gasteiger partial charge on any atom is 0.270 e. The summed E-state index contributed by atoms with van der Waals surface area (Å²) in [5.41, 5.74) is 1.01. The number of non-ortho nitro benzene ring substituents is 1. The van der Waals surface area contributed by atoms with Gasteiger partial charge in [-0.3, -0.25) is 10.1 Å². The molecule has 0 fully saturated rings. The molecule has 80 valence electrons. The van der Waals surface area contributed by atoms with Gasteiger partial charge in [-0.2, -0.15) is 5.26 Å². The van der Waals surface area contributed by atoms with Gasteiger partial charge in [-0.05, 0) is 12.1 Å². The highest BCUT2D eigenvalue weighted by atomic mass is 16.6. The van der Waals surface area contributed by atoms with Crippen LogP contribution in [0.2, 0.25) is 0 Å². The van der Waals surface area contributed by atoms with E-state index in [0.717, 1.165) is 10.9 Å². The van der Waals surface area contributed by atoms with Crippen LogP contribution in [0.15, 0.2) is 30.5 Å². The molecule has 5 heteroatoms. The Balaban J connectivity index is 2.43. The third-order valence-electron chi connectivity index (χ3n) is 2.43. The van der Waals surface area contributed by atoms with Crippen molar-refractivity contribution in [1.82, 2.24) is 4.57 Å². The van der Waals surface area contributed by atoms with Crippen molar-refractivity contribution in [3.8, 4) is 6.07 Å². The Labute approximate surface area is 91.7 Å². The lowest BCUT2D eigenvalue weighted by atomic mass is 10.2. The van der Waals surface area contributed by atoms with Gasteiger partial charge in [0.05, 0.1) is 17.4 Å². The van der Waals surface area contributed by atoms with Crippen molar-refractivity contribution in [1.29, 1.82) is 5.26 Å². The van der Waals surface area contributed by atoms with Crippen molar-refractivity contribution in [3.05, 3.63) is 40.6 Å². The van der Waals surface area contributed by atoms with E-state index in [0.29, 0.717) is 13.0 Å². The summed E-state index contributed by atoms with van der Waals surface area (Å²) in [7, 11) is 0. The normalized spacial score (nSPS) is 10.2. The second-order valence-corrected chi connectivity index (χ2v) is 3.42. The van der Waals surface area contributed by atoms with E-state index >= 15 is 0 Å². The summed E-state index contributed by atoms with van der Waals surface area (Å²) in [6.07, 6.45) is 2.27. The van der Waals surface area contributed by atoms with Crippen LogP contribution < -0.4 is 0 Å². The Hall–Kier alpha value is -2.35. The molecule has 16 heavy (non-hydrogen) atoms. The number of nitro groups is 1. The number of nitriles is 1. The number of aryl methyl sites for hydroxylation is 1. The molecule has 2 rings (SSSR count). The molecule has 0 aliphatic rings. The molecular weight excluding hydrogens is 206 g/mol. The lowest BCUT2D eigenvalue weighted by molar-refractivity contribution is -0.384. The van der Waals surface area contributed by atoms with Gasteiger partial charge in [0, 0.05) is 35.8 Å². The van der Waals surface area contributed by atoms with Crippen LogP contribution in [0.1, 0.15) is 6.42 Å². The molecule has 1 aromatic carbocycles. The van der Waals surface area contributed by atoms with Gasteiger partial charge in [-0.15, -0.1) is 0 Å². The van der Waals surface area contributed by atoms with Gasteiger partial charge in [-0.1, -0.05) is 0 Å². The first kappa shape index (κ1) is 10.2. The number of benzene rings is 1. The lowest BCUT2D eigenvalue weighted by Gasteiger charge is -2.01. The molecule has 1 heterocycles. The van der Waals surface area contributed by atoms with E-state index in [2.05, 4.69) is 6.07 Å². The zero-order chi connectivity index (χ0) is 11.5. The number of nitro benzene ring substituents is 1. The summed E-state index contributed by atoms with van der Waals surface area (Å²) in [5.74, 6) is 0. The molecule has 0 saturated heterocycles. The molecule has 0 amide bonds. The standard InChI is InChI=1S/C11H9N3O2/c12-5-1-6-13-7-4-9-8-10(14(15)16)2-3-11(9)13/h2-4,7-8H,1,6H2. The summed E-state index contributed by atoms with van der Waals surface area (Å²) >= 11 is 0. The zero-order valence-corrected chi connectivity index (χ0v) is 8.46. The second-order valence-electron chi connectivity index (χ2n) is 3.42. The summed E-state index contributed by atoms with van der Waals surface area (Å²) in [6.45, 7) is 0.609. The predicted octanol–water partition coefficient (Wildman–Crippen LogP) is 2.46. The van der Waals surface area contributed by atoms with Crippen LogP contribution in [0.3, 0.4) is 0 Å². The van der Waals surface area contributed by atoms with Gasteiger partial charge in [-0.25, -0.2) is 0 Å². The van der Waals surface area contributed by atoms with Crippen molar-refractivity contribution >= 4 is 16.6 Å². The predicted molar refractivity (Wildman–Crippen MR) is 58.8 cm³/mol. The monoisotopic (exact) mass is 215 g/mol. The Morgan fingerprint density at radius 3 is 2.94 bits per heavy atom. The maximum absolute atomic E-state index is 10.6. The first-order chi connectivity index (χ1) is 7.72. The Bertz CT molecular complexity index is 580. The quantitative estimate of drug-likeness (QED) is 0.583. The zero-order valence-electron chi connectivity index (χ0n) is 8.46. The van der Waals surface area contributed by atoms with E-state index in [1.54, 1.807) is 6.07 Å². The van der Waals surface area contributed by atoms with Crippen LogP contribution in [0.25, 0.3) is 10.9 Å². The average Bonchev–Trinajstić information content (AvgIpc) is 2.68. The SMILES string of the molecule is N#CCCn1ccc2cc([N+](=O)[O-])ccc21. The van der Waals surface area contributed by atoms with Gasteiger partial charge < -0.3 is 4.57 Å². The largest absolute Gasteiger partial charge is 0.346 e. The third kappa shape index (κ3) is 1.73. The molecule has 0 saturated carbocycles. The van der Waals surface area contributed by atoms with Crippen molar-refractivity contribution < 1.29 is 4.92 Å². The number of hydrogen-bond acceptors (Lipinski definition) is 3. The minimum atomic E-state index is -0.411. The summed E-state index contributed by atoms with van der Waals surface area (Å²) < 4.78 is 1.92. The molecular formula is C11H9N3O2. The number of nitrogens with zero attached hydrogens (tertiary/aromatic N) is 3. The Kier molecular flexibility index (Phi) is 2.56. The number of aromatic nitrogens is 1. The minimum Gasteiger partial charge on any atom is -0.346 e. The first-order valence-corrected chi connectivity index (χ1v) is 4.82. The number of hydrogen-bond donors (Lipinski definition) is 0.